The van der Waals surface area contributed by atoms with E-state index < -0.39 is 7.42 Å². The molecule has 0 aliphatic heterocycles. The standard InChI is InChI=1S/C10H17Cl2Si/c1-2-3-5-9-6-4-7-10(8-9)13(11)12/h3,5,9-10H,2,4,6-8H2,1H3. The molecule has 0 aromatic heterocycles. The molecule has 0 aromatic carbocycles. The van der Waals surface area contributed by atoms with Crippen LogP contribution in [-0.4, -0.2) is 7.42 Å². The van der Waals surface area contributed by atoms with Gasteiger partial charge in [-0.05, 0) is 30.7 Å². The molecular formula is C10H17Cl2Si. The summed E-state index contributed by atoms with van der Waals surface area (Å²) in [6, 6.07) is 0. The van der Waals surface area contributed by atoms with Crippen molar-refractivity contribution in [2.24, 2.45) is 5.92 Å². The second-order valence-electron chi connectivity index (χ2n) is 3.75. The van der Waals surface area contributed by atoms with Crippen molar-refractivity contribution in [1.29, 1.82) is 0 Å². The van der Waals surface area contributed by atoms with Gasteiger partial charge in [0.15, 0.2) is 0 Å². The molecule has 1 saturated carbocycles. The third-order valence-electron chi connectivity index (χ3n) is 2.67. The van der Waals surface area contributed by atoms with Crippen LogP contribution in [0.3, 0.4) is 0 Å². The first-order chi connectivity index (χ1) is 6.24. The largest absolute Gasteiger partial charge is 0.277 e. The van der Waals surface area contributed by atoms with E-state index in [0.29, 0.717) is 5.54 Å². The molecule has 0 N–H and O–H groups in total. The van der Waals surface area contributed by atoms with Crippen molar-refractivity contribution in [3.05, 3.63) is 12.2 Å². The highest BCUT2D eigenvalue weighted by Crippen LogP contribution is 2.37. The van der Waals surface area contributed by atoms with Crippen LogP contribution >= 0.6 is 22.2 Å². The second kappa shape index (κ2) is 6.10. The Kier molecular flexibility index (Phi) is 5.45. The van der Waals surface area contributed by atoms with Crippen molar-refractivity contribution in [3.8, 4) is 0 Å². The van der Waals surface area contributed by atoms with Crippen molar-refractivity contribution in [1.82, 2.24) is 0 Å². The average molecular weight is 236 g/mol. The van der Waals surface area contributed by atoms with Gasteiger partial charge < -0.3 is 0 Å². The minimum Gasteiger partial charge on any atom is -0.146 e. The van der Waals surface area contributed by atoms with E-state index in [2.05, 4.69) is 19.1 Å². The second-order valence-corrected chi connectivity index (χ2v) is 8.17. The maximum atomic E-state index is 6.00. The van der Waals surface area contributed by atoms with Crippen molar-refractivity contribution < 1.29 is 0 Å². The van der Waals surface area contributed by atoms with Crippen LogP contribution < -0.4 is 0 Å². The highest BCUT2D eigenvalue weighted by atomic mass is 35.7. The van der Waals surface area contributed by atoms with Gasteiger partial charge in [-0.2, -0.15) is 0 Å². The van der Waals surface area contributed by atoms with Gasteiger partial charge in [0, 0.05) is 0 Å². The summed E-state index contributed by atoms with van der Waals surface area (Å²) in [5.41, 5.74) is 0.619. The maximum absolute atomic E-state index is 6.00. The fraction of sp³-hybridized carbons (Fsp3) is 0.800. The van der Waals surface area contributed by atoms with Gasteiger partial charge in [0.1, 0.15) is 0 Å². The van der Waals surface area contributed by atoms with Crippen LogP contribution in [0.25, 0.3) is 0 Å². The van der Waals surface area contributed by atoms with Crippen LogP contribution in [-0.2, 0) is 0 Å². The van der Waals surface area contributed by atoms with Gasteiger partial charge in [0.25, 0.3) is 7.42 Å². The molecule has 0 spiro atoms. The number of rotatable bonds is 3. The summed E-state index contributed by atoms with van der Waals surface area (Å²) in [4.78, 5) is 0. The summed E-state index contributed by atoms with van der Waals surface area (Å²) in [7, 11) is -1.08. The normalized spacial score (nSPS) is 30.2. The van der Waals surface area contributed by atoms with Gasteiger partial charge in [0.05, 0.1) is 0 Å². The molecule has 0 aromatic rings. The highest BCUT2D eigenvalue weighted by molar-refractivity contribution is 7.34. The zero-order valence-electron chi connectivity index (χ0n) is 8.10. The summed E-state index contributed by atoms with van der Waals surface area (Å²) >= 11 is 12.0. The summed E-state index contributed by atoms with van der Waals surface area (Å²) in [6.45, 7) is 2.18. The Balaban J connectivity index is 2.37. The number of halogens is 2. The molecule has 13 heavy (non-hydrogen) atoms. The molecule has 75 valence electrons. The molecule has 0 bridgehead atoms. The van der Waals surface area contributed by atoms with Crippen LogP contribution in [0, 0.1) is 5.92 Å². The van der Waals surface area contributed by atoms with E-state index in [9.17, 15) is 0 Å². The van der Waals surface area contributed by atoms with E-state index in [1.54, 1.807) is 0 Å². The molecule has 1 aliphatic carbocycles. The molecule has 3 heteroatoms. The summed E-state index contributed by atoms with van der Waals surface area (Å²) in [5, 5.41) is 0. The Morgan fingerprint density at radius 1 is 1.38 bits per heavy atom. The average Bonchev–Trinajstić information content (AvgIpc) is 2.15. The van der Waals surface area contributed by atoms with Crippen LogP contribution in [0.15, 0.2) is 12.2 Å². The molecule has 0 amide bonds. The molecule has 2 unspecified atom stereocenters. The lowest BCUT2D eigenvalue weighted by Crippen LogP contribution is -2.17. The molecule has 1 radical (unpaired) electrons. The predicted molar refractivity (Wildman–Crippen MR) is 62.6 cm³/mol. The number of allylic oxidation sites excluding steroid dienone is 2. The van der Waals surface area contributed by atoms with Gasteiger partial charge in [-0.3, -0.25) is 0 Å². The zero-order valence-corrected chi connectivity index (χ0v) is 10.6. The highest BCUT2D eigenvalue weighted by Gasteiger charge is 2.26. The first kappa shape index (κ1) is 11.6. The van der Waals surface area contributed by atoms with Gasteiger partial charge in [-0.1, -0.05) is 31.9 Å². The first-order valence-corrected chi connectivity index (χ1v) is 8.68. The topological polar surface area (TPSA) is 0 Å². The molecule has 1 rings (SSSR count). The van der Waals surface area contributed by atoms with Gasteiger partial charge >= 0.3 is 0 Å². The number of hydrogen-bond donors (Lipinski definition) is 0. The van der Waals surface area contributed by atoms with E-state index in [1.165, 1.54) is 25.7 Å². The Morgan fingerprint density at radius 2 is 2.15 bits per heavy atom. The van der Waals surface area contributed by atoms with Gasteiger partial charge in [-0.25, -0.2) is 0 Å². The molecular weight excluding hydrogens is 219 g/mol. The maximum Gasteiger partial charge on any atom is 0.277 e. The molecule has 0 saturated heterocycles. The first-order valence-electron chi connectivity index (χ1n) is 5.08. The lowest BCUT2D eigenvalue weighted by molar-refractivity contribution is 0.417. The van der Waals surface area contributed by atoms with E-state index in [-0.39, 0.29) is 0 Å². The lowest BCUT2D eigenvalue weighted by Gasteiger charge is -2.26. The SMILES string of the molecule is CCC=CC1CCCC([Si](Cl)Cl)C1. The fourth-order valence-corrected chi connectivity index (χ4v) is 4.02. The Bertz CT molecular complexity index is 168. The van der Waals surface area contributed by atoms with Crippen molar-refractivity contribution in [3.63, 3.8) is 0 Å². The molecule has 0 heterocycles. The monoisotopic (exact) mass is 235 g/mol. The van der Waals surface area contributed by atoms with Crippen molar-refractivity contribution >= 4 is 29.6 Å². The van der Waals surface area contributed by atoms with Crippen LogP contribution in [0.4, 0.5) is 0 Å². The zero-order chi connectivity index (χ0) is 9.68. The quantitative estimate of drug-likeness (QED) is 0.385. The number of hydrogen-bond acceptors (Lipinski definition) is 0. The van der Waals surface area contributed by atoms with E-state index in [1.807, 2.05) is 0 Å². The summed E-state index contributed by atoms with van der Waals surface area (Å²) < 4.78 is 0. The van der Waals surface area contributed by atoms with Crippen LogP contribution in [0.5, 0.6) is 0 Å². The lowest BCUT2D eigenvalue weighted by atomic mass is 9.88. The van der Waals surface area contributed by atoms with Crippen LogP contribution in [0.1, 0.15) is 39.0 Å². The van der Waals surface area contributed by atoms with E-state index in [4.69, 9.17) is 22.2 Å². The minimum atomic E-state index is -1.08. The Hall–Kier alpha value is 0.537. The van der Waals surface area contributed by atoms with Gasteiger partial charge in [-0.15, -0.1) is 22.2 Å². The van der Waals surface area contributed by atoms with Crippen molar-refractivity contribution in [2.75, 3.05) is 0 Å². The molecule has 0 nitrogen and oxygen atoms in total. The molecule has 2 atom stereocenters. The minimum absolute atomic E-state index is 0.619. The van der Waals surface area contributed by atoms with E-state index >= 15 is 0 Å². The molecule has 1 fully saturated rings. The summed E-state index contributed by atoms with van der Waals surface area (Å²) in [5.74, 6) is 0.746. The third kappa shape index (κ3) is 4.05. The van der Waals surface area contributed by atoms with Crippen molar-refractivity contribution in [2.45, 2.75) is 44.6 Å². The Morgan fingerprint density at radius 3 is 2.77 bits per heavy atom. The van der Waals surface area contributed by atoms with Crippen LogP contribution in [0.2, 0.25) is 5.54 Å². The smallest absolute Gasteiger partial charge is 0.146 e. The predicted octanol–water partition coefficient (Wildman–Crippen LogP) is 4.48. The summed E-state index contributed by atoms with van der Waals surface area (Å²) in [6.07, 6.45) is 10.9. The fourth-order valence-electron chi connectivity index (χ4n) is 1.93. The molecule has 1 aliphatic rings. The Labute approximate surface area is 92.3 Å². The van der Waals surface area contributed by atoms with Gasteiger partial charge in [0.2, 0.25) is 0 Å². The third-order valence-corrected chi connectivity index (χ3v) is 5.66. The van der Waals surface area contributed by atoms with E-state index in [0.717, 1.165) is 12.3 Å².